The predicted octanol–water partition coefficient (Wildman–Crippen LogP) is 1.76. The molecule has 1 aromatic carbocycles. The minimum Gasteiger partial charge on any atom is -0.493 e. The van der Waals surface area contributed by atoms with Crippen LogP contribution in [0.25, 0.3) is 0 Å². The van der Waals surface area contributed by atoms with Crippen LogP contribution in [-0.4, -0.2) is 38.4 Å². The second-order valence-corrected chi connectivity index (χ2v) is 4.85. The molecule has 1 amide bonds. The lowest BCUT2D eigenvalue weighted by Gasteiger charge is -2.20. The van der Waals surface area contributed by atoms with Gasteiger partial charge in [-0.2, -0.15) is 0 Å². The fraction of sp³-hybridized carbons (Fsp3) is 0.533. The zero-order valence-corrected chi connectivity index (χ0v) is 11.9. The van der Waals surface area contributed by atoms with E-state index in [4.69, 9.17) is 14.2 Å². The minimum absolute atomic E-state index is 0.00580. The van der Waals surface area contributed by atoms with E-state index in [1.807, 2.05) is 19.1 Å². The zero-order chi connectivity index (χ0) is 14.4. The van der Waals surface area contributed by atoms with Gasteiger partial charge in [0.05, 0.1) is 19.3 Å². The van der Waals surface area contributed by atoms with Crippen LogP contribution in [-0.2, 0) is 9.53 Å². The van der Waals surface area contributed by atoms with Crippen LogP contribution in [0.1, 0.15) is 19.8 Å². The Kier molecular flexibility index (Phi) is 5.24. The van der Waals surface area contributed by atoms with Crippen molar-refractivity contribution in [3.8, 4) is 11.5 Å². The molecule has 0 aromatic heterocycles. The van der Waals surface area contributed by atoms with E-state index >= 15 is 0 Å². The molecule has 0 bridgehead atoms. The quantitative estimate of drug-likeness (QED) is 0.862. The van der Waals surface area contributed by atoms with Crippen molar-refractivity contribution < 1.29 is 19.0 Å². The van der Waals surface area contributed by atoms with Crippen molar-refractivity contribution in [2.24, 2.45) is 0 Å². The molecule has 1 N–H and O–H groups in total. The summed E-state index contributed by atoms with van der Waals surface area (Å²) in [5.74, 6) is 1.03. The van der Waals surface area contributed by atoms with Crippen molar-refractivity contribution in [3.63, 3.8) is 0 Å². The molecule has 0 saturated carbocycles. The van der Waals surface area contributed by atoms with Crippen LogP contribution in [0.4, 0.5) is 0 Å². The molecule has 5 nitrogen and oxygen atoms in total. The maximum absolute atomic E-state index is 11.9. The van der Waals surface area contributed by atoms with Gasteiger partial charge >= 0.3 is 0 Å². The number of amides is 1. The number of rotatable bonds is 6. The molecule has 1 heterocycles. The molecule has 1 fully saturated rings. The Balaban J connectivity index is 1.79. The van der Waals surface area contributed by atoms with Crippen LogP contribution < -0.4 is 14.8 Å². The van der Waals surface area contributed by atoms with E-state index < -0.39 is 0 Å². The first-order chi connectivity index (χ1) is 9.70. The lowest BCUT2D eigenvalue weighted by molar-refractivity contribution is -0.124. The standard InChI is InChI=1S/C15H21NO4/c1-11(12-8-5-9-19-12)16-15(17)10-20-14-7-4-3-6-13(14)18-2/h3-4,6-7,11-12H,5,8-10H2,1-2H3,(H,16,17)/t11-,12+/m0/s1. The number of hydrogen-bond donors (Lipinski definition) is 1. The van der Waals surface area contributed by atoms with Gasteiger partial charge in [-0.1, -0.05) is 12.1 Å². The number of carbonyl (C=O) groups excluding carboxylic acids is 1. The third-order valence-electron chi connectivity index (χ3n) is 3.34. The molecule has 0 spiro atoms. The number of hydrogen-bond acceptors (Lipinski definition) is 4. The van der Waals surface area contributed by atoms with E-state index in [0.717, 1.165) is 19.4 Å². The Morgan fingerprint density at radius 1 is 1.45 bits per heavy atom. The van der Waals surface area contributed by atoms with E-state index in [9.17, 15) is 4.79 Å². The van der Waals surface area contributed by atoms with Crippen LogP contribution in [0, 0.1) is 0 Å². The summed E-state index contributed by atoms with van der Waals surface area (Å²) in [6.07, 6.45) is 2.17. The van der Waals surface area contributed by atoms with Gasteiger partial charge in [-0.3, -0.25) is 4.79 Å². The lowest BCUT2D eigenvalue weighted by Crippen LogP contribution is -2.42. The van der Waals surface area contributed by atoms with Gasteiger partial charge in [-0.05, 0) is 31.9 Å². The molecule has 1 aliphatic heterocycles. The number of methoxy groups -OCH3 is 1. The van der Waals surface area contributed by atoms with Crippen molar-refractivity contribution >= 4 is 5.91 Å². The van der Waals surface area contributed by atoms with Crippen molar-refractivity contribution in [2.45, 2.75) is 31.9 Å². The van der Waals surface area contributed by atoms with Crippen LogP contribution in [0.2, 0.25) is 0 Å². The second-order valence-electron chi connectivity index (χ2n) is 4.85. The number of benzene rings is 1. The van der Waals surface area contributed by atoms with Gasteiger partial charge in [-0.25, -0.2) is 0 Å². The van der Waals surface area contributed by atoms with Crippen LogP contribution >= 0.6 is 0 Å². The monoisotopic (exact) mass is 279 g/mol. The van der Waals surface area contributed by atoms with E-state index in [0.29, 0.717) is 11.5 Å². The number of nitrogens with one attached hydrogen (secondary N) is 1. The summed E-state index contributed by atoms with van der Waals surface area (Å²) >= 11 is 0. The zero-order valence-electron chi connectivity index (χ0n) is 11.9. The molecular weight excluding hydrogens is 258 g/mol. The van der Waals surface area contributed by atoms with E-state index in [1.54, 1.807) is 19.2 Å². The molecule has 1 aliphatic rings. The maximum Gasteiger partial charge on any atom is 0.258 e. The second kappa shape index (κ2) is 7.14. The highest BCUT2D eigenvalue weighted by Gasteiger charge is 2.23. The Labute approximate surface area is 119 Å². The lowest BCUT2D eigenvalue weighted by atomic mass is 10.1. The Hall–Kier alpha value is -1.75. The third kappa shape index (κ3) is 3.87. The summed E-state index contributed by atoms with van der Waals surface area (Å²) < 4.78 is 16.2. The highest BCUT2D eigenvalue weighted by molar-refractivity contribution is 5.78. The van der Waals surface area contributed by atoms with Crippen LogP contribution in [0.3, 0.4) is 0 Å². The molecule has 2 rings (SSSR count). The number of carbonyl (C=O) groups is 1. The first-order valence-electron chi connectivity index (χ1n) is 6.87. The first kappa shape index (κ1) is 14.7. The number of ether oxygens (including phenoxy) is 3. The molecule has 110 valence electrons. The highest BCUT2D eigenvalue weighted by atomic mass is 16.5. The third-order valence-corrected chi connectivity index (χ3v) is 3.34. The molecule has 0 unspecified atom stereocenters. The minimum atomic E-state index is -0.154. The summed E-state index contributed by atoms with van der Waals surface area (Å²) in [6.45, 7) is 2.71. The van der Waals surface area contributed by atoms with Gasteiger partial charge in [0.25, 0.3) is 5.91 Å². The average molecular weight is 279 g/mol. The maximum atomic E-state index is 11.9. The molecule has 5 heteroatoms. The van der Waals surface area contributed by atoms with Crippen LogP contribution in [0.15, 0.2) is 24.3 Å². The largest absolute Gasteiger partial charge is 0.493 e. The Bertz CT molecular complexity index is 443. The molecule has 0 aliphatic carbocycles. The summed E-state index contributed by atoms with van der Waals surface area (Å²) in [7, 11) is 1.57. The van der Waals surface area contributed by atoms with Crippen molar-refractivity contribution in [1.82, 2.24) is 5.32 Å². The summed E-state index contributed by atoms with van der Waals surface area (Å²) in [5.41, 5.74) is 0. The Morgan fingerprint density at radius 2 is 2.20 bits per heavy atom. The summed E-state index contributed by atoms with van der Waals surface area (Å²) in [6, 6.07) is 7.26. The molecule has 20 heavy (non-hydrogen) atoms. The molecule has 2 atom stereocenters. The van der Waals surface area contributed by atoms with Crippen molar-refractivity contribution in [3.05, 3.63) is 24.3 Å². The first-order valence-corrected chi connectivity index (χ1v) is 6.87. The van der Waals surface area contributed by atoms with Gasteiger partial charge in [-0.15, -0.1) is 0 Å². The van der Waals surface area contributed by atoms with Gasteiger partial charge in [0.15, 0.2) is 18.1 Å². The fourth-order valence-electron chi connectivity index (χ4n) is 2.27. The fourth-order valence-corrected chi connectivity index (χ4v) is 2.27. The van der Waals surface area contributed by atoms with E-state index in [1.165, 1.54) is 0 Å². The van der Waals surface area contributed by atoms with Crippen LogP contribution in [0.5, 0.6) is 11.5 Å². The van der Waals surface area contributed by atoms with Crippen molar-refractivity contribution in [1.29, 1.82) is 0 Å². The van der Waals surface area contributed by atoms with E-state index in [2.05, 4.69) is 5.32 Å². The highest BCUT2D eigenvalue weighted by Crippen LogP contribution is 2.25. The number of para-hydroxylation sites is 2. The predicted molar refractivity (Wildman–Crippen MR) is 75.1 cm³/mol. The molecular formula is C15H21NO4. The Morgan fingerprint density at radius 3 is 2.85 bits per heavy atom. The normalized spacial score (nSPS) is 19.4. The molecule has 1 aromatic rings. The van der Waals surface area contributed by atoms with Gasteiger partial charge in [0.2, 0.25) is 0 Å². The average Bonchev–Trinajstić information content (AvgIpc) is 2.99. The summed E-state index contributed by atoms with van der Waals surface area (Å²) in [5, 5.41) is 2.90. The SMILES string of the molecule is COc1ccccc1OCC(=O)N[C@@H](C)[C@H]1CCCO1. The van der Waals surface area contributed by atoms with Gasteiger partial charge in [0.1, 0.15) is 0 Å². The van der Waals surface area contributed by atoms with Gasteiger partial charge in [0, 0.05) is 6.61 Å². The molecule has 0 radical (unpaired) electrons. The smallest absolute Gasteiger partial charge is 0.258 e. The summed E-state index contributed by atoms with van der Waals surface area (Å²) in [4.78, 5) is 11.9. The van der Waals surface area contributed by atoms with Gasteiger partial charge < -0.3 is 19.5 Å². The van der Waals surface area contributed by atoms with E-state index in [-0.39, 0.29) is 24.7 Å². The molecule has 1 saturated heterocycles. The van der Waals surface area contributed by atoms with Crippen molar-refractivity contribution in [2.75, 3.05) is 20.3 Å². The topological polar surface area (TPSA) is 56.8 Å².